The smallest absolute Gasteiger partial charge is 0.358 e. The molecule has 0 radical (unpaired) electrons. The van der Waals surface area contributed by atoms with Crippen LogP contribution in [-0.4, -0.2) is 26.1 Å². The van der Waals surface area contributed by atoms with E-state index in [1.807, 2.05) is 0 Å². The number of benzene rings is 1. The molecule has 0 atom stereocenters. The normalized spacial score (nSPS) is 10.7. The fourth-order valence-electron chi connectivity index (χ4n) is 1.66. The lowest BCUT2D eigenvalue weighted by Gasteiger charge is -2.07. The van der Waals surface area contributed by atoms with Gasteiger partial charge in [0.05, 0.1) is 17.3 Å². The van der Waals surface area contributed by atoms with E-state index in [0.717, 1.165) is 0 Å². The van der Waals surface area contributed by atoms with Crippen molar-refractivity contribution < 1.29 is 14.3 Å². The molecule has 1 aromatic heterocycles. The molecule has 1 heterocycles. The second-order valence-electron chi connectivity index (χ2n) is 3.76. The first-order valence-electron chi connectivity index (χ1n) is 5.33. The molecule has 0 aliphatic carbocycles. The molecule has 0 spiro atoms. The van der Waals surface area contributed by atoms with Gasteiger partial charge in [-0.05, 0) is 11.6 Å². The zero-order valence-electron chi connectivity index (χ0n) is 9.68. The van der Waals surface area contributed by atoms with Gasteiger partial charge in [-0.15, -0.1) is 5.10 Å². The highest BCUT2D eigenvalue weighted by molar-refractivity contribution is 6.31. The average molecular weight is 285 g/mol. The lowest BCUT2D eigenvalue weighted by Crippen LogP contribution is -2.13. The first-order chi connectivity index (χ1) is 9.04. The van der Waals surface area contributed by atoms with E-state index in [4.69, 9.17) is 22.4 Å². The third-order valence-corrected chi connectivity index (χ3v) is 3.01. The number of hydrogen-bond acceptors (Lipinski definition) is 4. The van der Waals surface area contributed by atoms with Crippen molar-refractivity contribution in [3.8, 4) is 0 Å². The largest absolute Gasteiger partial charge is 0.476 e. The molecule has 1 aromatic carbocycles. The zero-order valence-corrected chi connectivity index (χ0v) is 10.4. The van der Waals surface area contributed by atoms with Gasteiger partial charge >= 0.3 is 5.97 Å². The van der Waals surface area contributed by atoms with Gasteiger partial charge < -0.3 is 10.8 Å². The quantitative estimate of drug-likeness (QED) is 0.882. The summed E-state index contributed by atoms with van der Waals surface area (Å²) in [4.78, 5) is 10.9. The Labute approximate surface area is 112 Å². The predicted octanol–water partition coefficient (Wildman–Crippen LogP) is 1.28. The molecular weight excluding hydrogens is 275 g/mol. The molecule has 19 heavy (non-hydrogen) atoms. The number of aromatic carboxylic acids is 1. The van der Waals surface area contributed by atoms with Gasteiger partial charge in [0.25, 0.3) is 0 Å². The molecule has 100 valence electrons. The topological polar surface area (TPSA) is 94.0 Å². The molecule has 0 aliphatic heterocycles. The van der Waals surface area contributed by atoms with Crippen LogP contribution in [0.25, 0.3) is 0 Å². The first kappa shape index (κ1) is 13.4. The van der Waals surface area contributed by atoms with Crippen molar-refractivity contribution in [1.29, 1.82) is 0 Å². The van der Waals surface area contributed by atoms with E-state index in [-0.39, 0.29) is 29.5 Å². The highest BCUT2D eigenvalue weighted by Crippen LogP contribution is 2.21. The Morgan fingerprint density at radius 1 is 1.53 bits per heavy atom. The van der Waals surface area contributed by atoms with E-state index in [1.54, 1.807) is 6.07 Å². The van der Waals surface area contributed by atoms with Gasteiger partial charge in [0.15, 0.2) is 5.69 Å². The number of aromatic nitrogens is 3. The Hall–Kier alpha value is -1.99. The van der Waals surface area contributed by atoms with Crippen molar-refractivity contribution in [2.45, 2.75) is 13.1 Å². The molecule has 0 fully saturated rings. The lowest BCUT2D eigenvalue weighted by atomic mass is 10.2. The summed E-state index contributed by atoms with van der Waals surface area (Å²) in [5.41, 5.74) is 6.00. The monoisotopic (exact) mass is 284 g/mol. The van der Waals surface area contributed by atoms with E-state index >= 15 is 0 Å². The number of nitrogens with zero attached hydrogens (tertiary/aromatic N) is 3. The van der Waals surface area contributed by atoms with Gasteiger partial charge in [0, 0.05) is 6.54 Å². The van der Waals surface area contributed by atoms with Gasteiger partial charge in [0.2, 0.25) is 0 Å². The van der Waals surface area contributed by atoms with E-state index in [1.165, 1.54) is 16.8 Å². The summed E-state index contributed by atoms with van der Waals surface area (Å²) in [7, 11) is 0. The second-order valence-corrected chi connectivity index (χ2v) is 4.14. The first-order valence-corrected chi connectivity index (χ1v) is 5.71. The minimum Gasteiger partial charge on any atom is -0.476 e. The van der Waals surface area contributed by atoms with Crippen LogP contribution in [0.4, 0.5) is 4.39 Å². The summed E-state index contributed by atoms with van der Waals surface area (Å²) >= 11 is 5.82. The van der Waals surface area contributed by atoms with Crippen LogP contribution in [0, 0.1) is 5.82 Å². The van der Waals surface area contributed by atoms with Crippen LogP contribution in [0.2, 0.25) is 5.02 Å². The maximum atomic E-state index is 13.3. The molecule has 0 amide bonds. The number of nitrogens with two attached hydrogens (primary N) is 1. The van der Waals surface area contributed by atoms with Crippen LogP contribution >= 0.6 is 11.6 Å². The number of carboxylic acids is 1. The predicted molar refractivity (Wildman–Crippen MR) is 65.4 cm³/mol. The van der Waals surface area contributed by atoms with Crippen LogP contribution in [0.1, 0.15) is 21.7 Å². The molecule has 0 aliphatic rings. The SMILES string of the molecule is NCc1c(C(=O)O)nnn1Cc1cccc(F)c1Cl. The van der Waals surface area contributed by atoms with Crippen molar-refractivity contribution >= 4 is 17.6 Å². The van der Waals surface area contributed by atoms with Crippen LogP contribution in [0.5, 0.6) is 0 Å². The van der Waals surface area contributed by atoms with Crippen LogP contribution in [0.3, 0.4) is 0 Å². The standard InChI is InChI=1S/C11H10ClFN4O2/c12-9-6(2-1-3-7(9)13)5-17-8(4-14)10(11(18)19)15-16-17/h1-3H,4-5,14H2,(H,18,19). The number of hydrogen-bond donors (Lipinski definition) is 2. The zero-order chi connectivity index (χ0) is 14.0. The third-order valence-electron chi connectivity index (χ3n) is 2.59. The molecular formula is C11H10ClFN4O2. The summed E-state index contributed by atoms with van der Waals surface area (Å²) < 4.78 is 14.6. The Balaban J connectivity index is 2.39. The second kappa shape index (κ2) is 5.33. The molecule has 2 aromatic rings. The van der Waals surface area contributed by atoms with Crippen molar-refractivity contribution in [1.82, 2.24) is 15.0 Å². The molecule has 0 bridgehead atoms. The summed E-state index contributed by atoms with van der Waals surface area (Å²) in [6, 6.07) is 4.36. The van der Waals surface area contributed by atoms with Crippen LogP contribution < -0.4 is 5.73 Å². The van der Waals surface area contributed by atoms with Gasteiger partial charge in [-0.2, -0.15) is 0 Å². The van der Waals surface area contributed by atoms with Gasteiger partial charge in [-0.25, -0.2) is 13.9 Å². The summed E-state index contributed by atoms with van der Waals surface area (Å²) in [6.07, 6.45) is 0. The van der Waals surface area contributed by atoms with Gasteiger partial charge in [0.1, 0.15) is 5.82 Å². The van der Waals surface area contributed by atoms with E-state index < -0.39 is 11.8 Å². The molecule has 2 rings (SSSR count). The molecule has 0 saturated heterocycles. The molecule has 6 nitrogen and oxygen atoms in total. The molecule has 3 N–H and O–H groups in total. The van der Waals surface area contributed by atoms with Gasteiger partial charge in [-0.3, -0.25) is 0 Å². The molecule has 0 unspecified atom stereocenters. The van der Waals surface area contributed by atoms with Crippen LogP contribution in [-0.2, 0) is 13.1 Å². The number of halogens is 2. The van der Waals surface area contributed by atoms with E-state index in [9.17, 15) is 9.18 Å². The minimum atomic E-state index is -1.21. The minimum absolute atomic E-state index is 0.0298. The van der Waals surface area contributed by atoms with E-state index in [0.29, 0.717) is 5.56 Å². The van der Waals surface area contributed by atoms with Gasteiger partial charge in [-0.1, -0.05) is 28.9 Å². The Morgan fingerprint density at radius 2 is 2.26 bits per heavy atom. The fraction of sp³-hybridized carbons (Fsp3) is 0.182. The van der Waals surface area contributed by atoms with Crippen molar-refractivity contribution in [2.75, 3.05) is 0 Å². The number of rotatable bonds is 4. The highest BCUT2D eigenvalue weighted by atomic mass is 35.5. The summed E-state index contributed by atoms with van der Waals surface area (Å²) in [5.74, 6) is -1.76. The maximum absolute atomic E-state index is 13.3. The maximum Gasteiger partial charge on any atom is 0.358 e. The third kappa shape index (κ3) is 2.56. The Morgan fingerprint density at radius 3 is 2.89 bits per heavy atom. The number of carboxylic acid groups (broad SMARTS) is 1. The Kier molecular flexibility index (Phi) is 3.77. The van der Waals surface area contributed by atoms with Crippen molar-refractivity contribution in [3.05, 3.63) is 46.0 Å². The Bertz CT molecular complexity index is 629. The van der Waals surface area contributed by atoms with Crippen LogP contribution in [0.15, 0.2) is 18.2 Å². The van der Waals surface area contributed by atoms with Crippen molar-refractivity contribution in [3.63, 3.8) is 0 Å². The molecule has 0 saturated carbocycles. The molecule has 8 heteroatoms. The highest BCUT2D eigenvalue weighted by Gasteiger charge is 2.18. The fourth-order valence-corrected chi connectivity index (χ4v) is 1.85. The summed E-state index contributed by atoms with van der Waals surface area (Å²) in [6.45, 7) is 0.0605. The lowest BCUT2D eigenvalue weighted by molar-refractivity contribution is 0.0689. The number of carbonyl (C=O) groups is 1. The van der Waals surface area contributed by atoms with Crippen molar-refractivity contribution in [2.24, 2.45) is 5.73 Å². The van der Waals surface area contributed by atoms with E-state index in [2.05, 4.69) is 10.3 Å². The average Bonchev–Trinajstić information content (AvgIpc) is 2.78. The summed E-state index contributed by atoms with van der Waals surface area (Å²) in [5, 5.41) is 16.1.